The maximum atomic E-state index is 13.1. The zero-order chi connectivity index (χ0) is 52.9. The van der Waals surface area contributed by atoms with Gasteiger partial charge in [0.1, 0.15) is 55.1 Å². The number of fused-ring (bicyclic) bond motifs is 1. The summed E-state index contributed by atoms with van der Waals surface area (Å²) in [6.07, 6.45) is -8.59. The fraction of sp³-hybridized carbons (Fsp3) is 0.638. The number of nitrogens with two attached hydrogens (primary N) is 1. The van der Waals surface area contributed by atoms with Crippen LogP contribution < -0.4 is 23.6 Å². The first-order chi connectivity index (χ1) is 32.6. The smallest absolute Gasteiger partial charge is 0.471 e. The molecule has 24 heteroatoms. The summed E-state index contributed by atoms with van der Waals surface area (Å²) in [5, 5.41) is 40.0. The lowest BCUT2D eigenvalue weighted by Crippen LogP contribution is -2.60. The van der Waals surface area contributed by atoms with E-state index in [0.717, 1.165) is 0 Å². The van der Waals surface area contributed by atoms with Gasteiger partial charge in [0, 0.05) is 0 Å². The van der Waals surface area contributed by atoms with Crippen molar-refractivity contribution in [3.05, 3.63) is 60.4 Å². The molecule has 2 fully saturated rings. The Morgan fingerprint density at radius 2 is 1.30 bits per heavy atom. The van der Waals surface area contributed by atoms with E-state index in [9.17, 15) is 28.8 Å². The van der Waals surface area contributed by atoms with Crippen LogP contribution in [0.1, 0.15) is 74.1 Å². The number of hydrogen-bond acceptors (Lipinski definition) is 19. The average molecular weight is 1070 g/mol. The van der Waals surface area contributed by atoms with E-state index in [4.69, 9.17) is 51.3 Å². The molecule has 20 nitrogen and oxygen atoms in total. The largest absolute Gasteiger partial charge is 0.501 e. The number of hydrogen-bond donors (Lipinski definition) is 5. The molecule has 2 saturated heterocycles. The standard InChI is InChI=1S/C47H75N5O15SSi3/c1-45(2,3)69(10,11)60-26-33-38(66-70(12,13)46(4,5)6)39(67-71(14,15)47(7,8)9)42(61-33)52-27-49-34-40(52)50-44(48)51-41(34)59-25-28-20-22-29(23-21-28)64-68(57,58)65-31-19-17-16-18-30(31)62-43-37(56)36(55)35(54)32(24-53)63-43/h16-23,27,32-33,35-39,42-43,53-56H,24-26H2,1-15H3,(H2,48,50,51)/t32-,33-,35+,36+,37-,38?,39+,42-,43?/m1/s1. The first-order valence-electron chi connectivity index (χ1n) is 23.7. The molecule has 71 heavy (non-hydrogen) atoms. The van der Waals surface area contributed by atoms with Crippen LogP contribution >= 0.6 is 0 Å². The van der Waals surface area contributed by atoms with Crippen LogP contribution in [-0.4, -0.2) is 136 Å². The second kappa shape index (κ2) is 20.9. The molecule has 0 amide bonds. The minimum atomic E-state index is -4.78. The first-order valence-corrected chi connectivity index (χ1v) is 33.8. The van der Waals surface area contributed by atoms with Crippen LogP contribution in [0.15, 0.2) is 54.9 Å². The van der Waals surface area contributed by atoms with Crippen LogP contribution in [0, 0.1) is 0 Å². The highest BCUT2D eigenvalue weighted by Crippen LogP contribution is 2.47. The van der Waals surface area contributed by atoms with Gasteiger partial charge in [-0.15, -0.1) is 8.42 Å². The highest BCUT2D eigenvalue weighted by atomic mass is 32.3. The zero-order valence-electron chi connectivity index (χ0n) is 43.6. The molecule has 0 radical (unpaired) electrons. The van der Waals surface area contributed by atoms with Crippen molar-refractivity contribution >= 4 is 52.5 Å². The number of benzene rings is 2. The molecular formula is C47H75N5O15SSi3. The van der Waals surface area contributed by atoms with Gasteiger partial charge in [-0.3, -0.25) is 4.57 Å². The number of imidazole rings is 1. The molecule has 4 aromatic rings. The lowest BCUT2D eigenvalue weighted by molar-refractivity contribution is -0.277. The number of nitrogens with zero attached hydrogens (tertiary/aromatic N) is 4. The third-order valence-corrected chi connectivity index (χ3v) is 28.7. The van der Waals surface area contributed by atoms with Crippen LogP contribution in [-0.2, 0) is 39.8 Å². The maximum Gasteiger partial charge on any atom is 0.501 e. The lowest BCUT2D eigenvalue weighted by atomic mass is 9.99. The van der Waals surface area contributed by atoms with Crippen molar-refractivity contribution in [2.75, 3.05) is 18.9 Å². The SMILES string of the molecule is CC(C)(C)[Si](C)(C)OC[C@H]1O[C@@H](n2cnc3c(OCc4ccc(OS(=O)(=O)Oc5ccccc5OC5O[C@H](CO)[C@H](O)[C@H](O)[C@H]5O)cc4)nc(N)nc32)[C@@H](O[Si](C)(C)C(C)(C)C)C1O[Si](C)(C)C(C)(C)C. The van der Waals surface area contributed by atoms with Crippen molar-refractivity contribution in [1.29, 1.82) is 0 Å². The van der Waals surface area contributed by atoms with E-state index in [2.05, 4.69) is 112 Å². The molecule has 0 spiro atoms. The minimum absolute atomic E-state index is 0.0308. The molecule has 2 aliphatic rings. The topological polar surface area (TPSA) is 268 Å². The van der Waals surface area contributed by atoms with E-state index in [1.165, 1.54) is 36.4 Å². The van der Waals surface area contributed by atoms with Crippen molar-refractivity contribution in [2.24, 2.45) is 0 Å². The van der Waals surface area contributed by atoms with Crippen molar-refractivity contribution in [3.8, 4) is 23.1 Å². The highest BCUT2D eigenvalue weighted by Gasteiger charge is 2.55. The van der Waals surface area contributed by atoms with E-state index in [-0.39, 0.29) is 50.8 Å². The van der Waals surface area contributed by atoms with Gasteiger partial charge in [-0.25, -0.2) is 4.98 Å². The number of ether oxygens (including phenoxy) is 4. The number of aliphatic hydroxyl groups excluding tert-OH is 4. The second-order valence-electron chi connectivity index (χ2n) is 22.8. The van der Waals surface area contributed by atoms with E-state index in [1.807, 2.05) is 4.57 Å². The van der Waals surface area contributed by atoms with E-state index in [0.29, 0.717) is 23.3 Å². The molecular weight excluding hydrogens is 991 g/mol. The summed E-state index contributed by atoms with van der Waals surface area (Å²) in [4.78, 5) is 13.8. The van der Waals surface area contributed by atoms with Crippen molar-refractivity contribution in [1.82, 2.24) is 19.5 Å². The van der Waals surface area contributed by atoms with Crippen LogP contribution in [0.25, 0.3) is 11.2 Å². The third kappa shape index (κ3) is 12.8. The molecule has 2 aliphatic heterocycles. The van der Waals surface area contributed by atoms with Crippen molar-refractivity contribution in [2.45, 2.75) is 179 Å². The van der Waals surface area contributed by atoms with Gasteiger partial charge in [0.05, 0.1) is 19.5 Å². The average Bonchev–Trinajstić information content (AvgIpc) is 3.81. The fourth-order valence-electron chi connectivity index (χ4n) is 7.01. The summed E-state index contributed by atoms with van der Waals surface area (Å²) in [7, 11) is -11.9. The van der Waals surface area contributed by atoms with Gasteiger partial charge >= 0.3 is 10.4 Å². The van der Waals surface area contributed by atoms with Crippen LogP contribution in [0.4, 0.5) is 5.95 Å². The molecule has 396 valence electrons. The Bertz CT molecular complexity index is 2570. The minimum Gasteiger partial charge on any atom is -0.471 e. The molecule has 2 aromatic heterocycles. The number of rotatable bonds is 18. The summed E-state index contributed by atoms with van der Waals surface area (Å²) >= 11 is 0. The van der Waals surface area contributed by atoms with Crippen LogP contribution in [0.5, 0.6) is 23.1 Å². The first kappa shape index (κ1) is 56.5. The third-order valence-electron chi connectivity index (χ3n) is 14.5. The predicted molar refractivity (Wildman–Crippen MR) is 273 cm³/mol. The monoisotopic (exact) mass is 1070 g/mol. The van der Waals surface area contributed by atoms with Crippen molar-refractivity contribution in [3.63, 3.8) is 0 Å². The van der Waals surface area contributed by atoms with Crippen LogP contribution in [0.3, 0.4) is 0 Å². The van der Waals surface area contributed by atoms with E-state index >= 15 is 0 Å². The van der Waals surface area contributed by atoms with E-state index < -0.39 is 97.2 Å². The number of para-hydroxylation sites is 2. The summed E-state index contributed by atoms with van der Waals surface area (Å²) in [5.74, 6) is -0.579. The Labute approximate surface area is 420 Å². The lowest BCUT2D eigenvalue weighted by Gasteiger charge is -2.44. The Morgan fingerprint density at radius 3 is 1.87 bits per heavy atom. The van der Waals surface area contributed by atoms with Gasteiger partial charge in [0.25, 0.3) is 0 Å². The second-order valence-corrected chi connectivity index (χ2v) is 38.3. The number of aliphatic hydroxyl groups is 4. The highest BCUT2D eigenvalue weighted by molar-refractivity contribution is 7.82. The number of anilines is 1. The summed E-state index contributed by atoms with van der Waals surface area (Å²) in [6, 6.07) is 11.6. The number of nitrogen functional groups attached to an aromatic ring is 1. The molecule has 0 bridgehead atoms. The molecule has 2 unspecified atom stereocenters. The number of aromatic nitrogens is 4. The van der Waals surface area contributed by atoms with Gasteiger partial charge in [-0.05, 0) is 84.2 Å². The molecule has 0 aliphatic carbocycles. The molecule has 0 saturated carbocycles. The van der Waals surface area contributed by atoms with Crippen molar-refractivity contribution < 1.29 is 69.4 Å². The quantitative estimate of drug-likeness (QED) is 0.0660. The Balaban J connectivity index is 1.22. The zero-order valence-corrected chi connectivity index (χ0v) is 47.4. The molecule has 9 atom stereocenters. The van der Waals surface area contributed by atoms with E-state index in [1.54, 1.807) is 18.5 Å². The maximum absolute atomic E-state index is 13.1. The summed E-state index contributed by atoms with van der Waals surface area (Å²) in [5.41, 5.74) is 7.68. The summed E-state index contributed by atoms with van der Waals surface area (Å²) in [6.45, 7) is 32.8. The van der Waals surface area contributed by atoms with Gasteiger partial charge in [-0.2, -0.15) is 9.97 Å². The molecule has 6 rings (SSSR count). The Kier molecular flexibility index (Phi) is 16.6. The molecule has 2 aromatic carbocycles. The van der Waals surface area contributed by atoms with Crippen LogP contribution in [0.2, 0.25) is 54.4 Å². The summed E-state index contributed by atoms with van der Waals surface area (Å²) < 4.78 is 84.4. The normalized spacial score (nSPS) is 25.1. The van der Waals surface area contributed by atoms with Gasteiger partial charge in [0.2, 0.25) is 18.1 Å². The van der Waals surface area contributed by atoms with Gasteiger partial charge < -0.3 is 66.8 Å². The Hall–Kier alpha value is -3.77. The molecule has 4 heterocycles. The predicted octanol–water partition coefficient (Wildman–Crippen LogP) is 6.57. The van der Waals surface area contributed by atoms with Gasteiger partial charge in [-0.1, -0.05) is 86.6 Å². The fourth-order valence-corrected chi connectivity index (χ4v) is 11.4. The Morgan fingerprint density at radius 1 is 0.718 bits per heavy atom. The molecule has 6 N–H and O–H groups in total. The van der Waals surface area contributed by atoms with Gasteiger partial charge in [0.15, 0.2) is 53.8 Å².